The highest BCUT2D eigenvalue weighted by atomic mass is 16.5. The second-order valence-electron chi connectivity index (χ2n) is 6.41. The molecule has 3 rings (SSSR count). The van der Waals surface area contributed by atoms with Crippen LogP contribution < -0.4 is 5.56 Å². The Labute approximate surface area is 164 Å². The molecule has 0 saturated heterocycles. The number of hydrogen-bond acceptors (Lipinski definition) is 4. The Morgan fingerprint density at radius 2 is 1.61 bits per heavy atom. The highest BCUT2D eigenvalue weighted by molar-refractivity contribution is 5.92. The van der Waals surface area contributed by atoms with Crippen LogP contribution in [-0.4, -0.2) is 40.8 Å². The average Bonchev–Trinajstić information content (AvgIpc) is 2.73. The van der Waals surface area contributed by atoms with Crippen LogP contribution in [0.3, 0.4) is 0 Å². The van der Waals surface area contributed by atoms with Crippen molar-refractivity contribution >= 4 is 5.91 Å². The van der Waals surface area contributed by atoms with Crippen LogP contribution in [0.15, 0.2) is 77.6 Å². The van der Waals surface area contributed by atoms with Gasteiger partial charge in [-0.25, -0.2) is 4.68 Å². The van der Waals surface area contributed by atoms with Gasteiger partial charge in [0.15, 0.2) is 0 Å². The number of ether oxygens (including phenoxy) is 1. The van der Waals surface area contributed by atoms with Crippen molar-refractivity contribution in [3.63, 3.8) is 0 Å². The fourth-order valence-electron chi connectivity index (χ4n) is 2.85. The Morgan fingerprint density at radius 3 is 2.25 bits per heavy atom. The van der Waals surface area contributed by atoms with Crippen LogP contribution in [0.25, 0.3) is 0 Å². The van der Waals surface area contributed by atoms with E-state index in [1.807, 2.05) is 60.7 Å². The van der Waals surface area contributed by atoms with Crippen LogP contribution in [-0.2, 0) is 17.8 Å². The van der Waals surface area contributed by atoms with Gasteiger partial charge in [0.1, 0.15) is 5.69 Å². The number of carbonyl (C=O) groups excluding carboxylic acids is 1. The van der Waals surface area contributed by atoms with Crippen molar-refractivity contribution in [3.8, 4) is 0 Å². The number of amides is 1. The molecule has 0 aliphatic heterocycles. The lowest BCUT2D eigenvalue weighted by atomic mass is 10.2. The minimum absolute atomic E-state index is 0.234. The molecule has 2 aromatic carbocycles. The Bertz CT molecular complexity index is 956. The molecule has 6 nitrogen and oxygen atoms in total. The minimum atomic E-state index is -0.244. The molecule has 0 radical (unpaired) electrons. The molecule has 1 heterocycles. The summed E-state index contributed by atoms with van der Waals surface area (Å²) < 4.78 is 6.47. The first-order valence-electron chi connectivity index (χ1n) is 9.11. The Balaban J connectivity index is 1.83. The summed E-state index contributed by atoms with van der Waals surface area (Å²) in [5.41, 5.74) is 1.96. The molecule has 0 spiro atoms. The molecule has 0 atom stereocenters. The van der Waals surface area contributed by atoms with Gasteiger partial charge in [-0.05, 0) is 17.2 Å². The highest BCUT2D eigenvalue weighted by Crippen LogP contribution is 2.09. The number of carbonyl (C=O) groups is 1. The molecule has 0 bridgehead atoms. The van der Waals surface area contributed by atoms with Gasteiger partial charge in [-0.3, -0.25) is 9.59 Å². The Kier molecular flexibility index (Phi) is 6.70. The van der Waals surface area contributed by atoms with E-state index in [9.17, 15) is 9.59 Å². The van der Waals surface area contributed by atoms with E-state index in [1.54, 1.807) is 12.0 Å². The van der Waals surface area contributed by atoms with Crippen LogP contribution in [0.1, 0.15) is 21.6 Å². The van der Waals surface area contributed by atoms with Gasteiger partial charge in [0.2, 0.25) is 0 Å². The first-order valence-corrected chi connectivity index (χ1v) is 9.11. The lowest BCUT2D eigenvalue weighted by Crippen LogP contribution is -2.35. The third-order valence-electron chi connectivity index (χ3n) is 4.33. The average molecular weight is 377 g/mol. The van der Waals surface area contributed by atoms with Gasteiger partial charge in [0, 0.05) is 26.3 Å². The van der Waals surface area contributed by atoms with E-state index in [2.05, 4.69) is 5.10 Å². The topological polar surface area (TPSA) is 64.4 Å². The van der Waals surface area contributed by atoms with Crippen molar-refractivity contribution in [1.82, 2.24) is 14.7 Å². The van der Waals surface area contributed by atoms with E-state index in [-0.39, 0.29) is 17.2 Å². The summed E-state index contributed by atoms with van der Waals surface area (Å²) in [6.45, 7) is 1.62. The number of methoxy groups -OCH3 is 1. The summed E-state index contributed by atoms with van der Waals surface area (Å²) >= 11 is 0. The van der Waals surface area contributed by atoms with E-state index in [1.165, 1.54) is 16.8 Å². The van der Waals surface area contributed by atoms with Gasteiger partial charge >= 0.3 is 0 Å². The normalized spacial score (nSPS) is 10.6. The van der Waals surface area contributed by atoms with Crippen LogP contribution >= 0.6 is 0 Å². The molecule has 0 saturated carbocycles. The molecule has 6 heteroatoms. The maximum atomic E-state index is 13.1. The first kappa shape index (κ1) is 19.5. The van der Waals surface area contributed by atoms with E-state index >= 15 is 0 Å². The summed E-state index contributed by atoms with van der Waals surface area (Å²) in [6.07, 6.45) is 0. The number of benzene rings is 2. The molecule has 3 aromatic rings. The van der Waals surface area contributed by atoms with E-state index in [4.69, 9.17) is 4.74 Å². The van der Waals surface area contributed by atoms with Crippen LogP contribution in [0.5, 0.6) is 0 Å². The van der Waals surface area contributed by atoms with Gasteiger partial charge in [0.25, 0.3) is 11.5 Å². The Hall–Kier alpha value is -3.25. The third kappa shape index (κ3) is 5.14. The zero-order chi connectivity index (χ0) is 19.8. The molecule has 0 N–H and O–H groups in total. The number of hydrogen-bond donors (Lipinski definition) is 0. The molecule has 144 valence electrons. The fourth-order valence-corrected chi connectivity index (χ4v) is 2.85. The summed E-state index contributed by atoms with van der Waals surface area (Å²) in [5.74, 6) is -0.234. The van der Waals surface area contributed by atoms with Crippen molar-refractivity contribution in [2.45, 2.75) is 13.1 Å². The second-order valence-corrected chi connectivity index (χ2v) is 6.41. The summed E-state index contributed by atoms with van der Waals surface area (Å²) in [6, 6.07) is 22.2. The Morgan fingerprint density at radius 1 is 0.964 bits per heavy atom. The largest absolute Gasteiger partial charge is 0.383 e. The zero-order valence-electron chi connectivity index (χ0n) is 15.8. The van der Waals surface area contributed by atoms with Gasteiger partial charge in [-0.1, -0.05) is 60.7 Å². The van der Waals surface area contributed by atoms with Crippen LogP contribution in [0.4, 0.5) is 0 Å². The number of aromatic nitrogens is 2. The van der Waals surface area contributed by atoms with Crippen LogP contribution in [0, 0.1) is 0 Å². The molecule has 0 aliphatic carbocycles. The van der Waals surface area contributed by atoms with Crippen molar-refractivity contribution in [3.05, 3.63) is 100.0 Å². The third-order valence-corrected chi connectivity index (χ3v) is 4.33. The summed E-state index contributed by atoms with van der Waals surface area (Å²) in [4.78, 5) is 26.9. The molecular formula is C22H23N3O3. The predicted molar refractivity (Wildman–Crippen MR) is 107 cm³/mol. The van der Waals surface area contributed by atoms with Crippen molar-refractivity contribution in [1.29, 1.82) is 0 Å². The standard InChI is InChI=1S/C22H23N3O3/c1-28-15-14-24(16-18-8-4-2-5-9-18)22(27)20-12-13-21(26)25(23-20)17-19-10-6-3-7-11-19/h2-13H,14-17H2,1H3. The molecule has 1 aromatic heterocycles. The number of rotatable bonds is 8. The summed E-state index contributed by atoms with van der Waals surface area (Å²) in [5, 5.41) is 4.31. The highest BCUT2D eigenvalue weighted by Gasteiger charge is 2.18. The van der Waals surface area contributed by atoms with E-state index in [0.717, 1.165) is 11.1 Å². The molecule has 0 fully saturated rings. The van der Waals surface area contributed by atoms with Crippen molar-refractivity contribution < 1.29 is 9.53 Å². The minimum Gasteiger partial charge on any atom is -0.383 e. The van der Waals surface area contributed by atoms with Gasteiger partial charge < -0.3 is 9.64 Å². The number of nitrogens with zero attached hydrogens (tertiary/aromatic N) is 3. The predicted octanol–water partition coefficient (Wildman–Crippen LogP) is 2.58. The quantitative estimate of drug-likeness (QED) is 0.605. The van der Waals surface area contributed by atoms with E-state index < -0.39 is 0 Å². The fraction of sp³-hybridized carbons (Fsp3) is 0.227. The van der Waals surface area contributed by atoms with E-state index in [0.29, 0.717) is 26.2 Å². The van der Waals surface area contributed by atoms with Crippen molar-refractivity contribution in [2.24, 2.45) is 0 Å². The lowest BCUT2D eigenvalue weighted by Gasteiger charge is -2.22. The van der Waals surface area contributed by atoms with Crippen LogP contribution in [0.2, 0.25) is 0 Å². The molecule has 1 amide bonds. The SMILES string of the molecule is COCCN(Cc1ccccc1)C(=O)c1ccc(=O)n(Cc2ccccc2)n1. The molecule has 0 unspecified atom stereocenters. The zero-order valence-corrected chi connectivity index (χ0v) is 15.8. The van der Waals surface area contributed by atoms with Gasteiger partial charge in [-0.15, -0.1) is 0 Å². The first-order chi connectivity index (χ1) is 13.7. The summed E-state index contributed by atoms with van der Waals surface area (Å²) in [7, 11) is 1.60. The lowest BCUT2D eigenvalue weighted by molar-refractivity contribution is 0.0672. The van der Waals surface area contributed by atoms with Gasteiger partial charge in [0.05, 0.1) is 13.2 Å². The monoisotopic (exact) mass is 377 g/mol. The molecule has 28 heavy (non-hydrogen) atoms. The molecule has 0 aliphatic rings. The van der Waals surface area contributed by atoms with Crippen molar-refractivity contribution in [2.75, 3.05) is 20.3 Å². The second kappa shape index (κ2) is 9.62. The maximum Gasteiger partial charge on any atom is 0.274 e. The maximum absolute atomic E-state index is 13.1. The molecular weight excluding hydrogens is 354 g/mol. The van der Waals surface area contributed by atoms with Gasteiger partial charge in [-0.2, -0.15) is 5.10 Å². The smallest absolute Gasteiger partial charge is 0.274 e.